The molecule has 0 aliphatic heterocycles. The fourth-order valence-corrected chi connectivity index (χ4v) is 0.998. The van der Waals surface area contributed by atoms with Crippen LogP contribution in [-0.2, 0) is 9.59 Å². The Morgan fingerprint density at radius 1 is 1.21 bits per heavy atom. The standard InChI is InChI=1S/C8H14Cl2N2O2/c1-8(2,3)12(7(14)5-10)11-6(13)4-9/h4-5H2,1-3H3,(H,11,13). The van der Waals surface area contributed by atoms with Crippen LogP contribution >= 0.6 is 23.2 Å². The summed E-state index contributed by atoms with van der Waals surface area (Å²) in [4.78, 5) is 22.4. The number of hydrogen-bond donors (Lipinski definition) is 1. The first kappa shape index (κ1) is 13.5. The van der Waals surface area contributed by atoms with Crippen LogP contribution in [0.2, 0.25) is 0 Å². The number of nitrogens with zero attached hydrogens (tertiary/aromatic N) is 1. The molecule has 0 rings (SSSR count). The Bertz CT molecular complexity index is 226. The molecule has 0 bridgehead atoms. The van der Waals surface area contributed by atoms with Gasteiger partial charge in [0.2, 0.25) is 0 Å². The first-order valence-corrected chi connectivity index (χ1v) is 5.14. The van der Waals surface area contributed by atoms with Gasteiger partial charge in [-0.25, -0.2) is 5.01 Å². The first-order valence-electron chi connectivity index (χ1n) is 4.07. The molecular formula is C8H14Cl2N2O2. The van der Waals surface area contributed by atoms with Crippen molar-refractivity contribution in [1.29, 1.82) is 0 Å². The molecule has 0 heterocycles. The van der Waals surface area contributed by atoms with Crippen LogP contribution in [0.5, 0.6) is 0 Å². The maximum Gasteiger partial charge on any atom is 0.256 e. The van der Waals surface area contributed by atoms with Gasteiger partial charge in [-0.05, 0) is 20.8 Å². The molecule has 0 aliphatic carbocycles. The summed E-state index contributed by atoms with van der Waals surface area (Å²) in [6, 6.07) is 0. The van der Waals surface area contributed by atoms with Crippen molar-refractivity contribution in [3.63, 3.8) is 0 Å². The first-order chi connectivity index (χ1) is 6.32. The van der Waals surface area contributed by atoms with E-state index in [1.165, 1.54) is 5.01 Å². The van der Waals surface area contributed by atoms with E-state index in [2.05, 4.69) is 5.43 Å². The number of rotatable bonds is 2. The molecule has 0 aromatic rings. The topological polar surface area (TPSA) is 49.4 Å². The molecule has 0 spiro atoms. The number of nitrogens with one attached hydrogen (secondary N) is 1. The maximum absolute atomic E-state index is 11.3. The summed E-state index contributed by atoms with van der Waals surface area (Å²) < 4.78 is 0. The zero-order chi connectivity index (χ0) is 11.4. The van der Waals surface area contributed by atoms with Gasteiger partial charge in [-0.15, -0.1) is 23.2 Å². The van der Waals surface area contributed by atoms with Crippen LogP contribution in [0.4, 0.5) is 0 Å². The Hall–Kier alpha value is -0.480. The van der Waals surface area contributed by atoms with Gasteiger partial charge in [0, 0.05) is 0 Å². The number of hydrazine groups is 1. The van der Waals surface area contributed by atoms with E-state index in [0.717, 1.165) is 0 Å². The molecule has 0 radical (unpaired) electrons. The summed E-state index contributed by atoms with van der Waals surface area (Å²) in [5.74, 6) is -1.17. The fraction of sp³-hybridized carbons (Fsp3) is 0.750. The van der Waals surface area contributed by atoms with Crippen molar-refractivity contribution >= 4 is 35.0 Å². The SMILES string of the molecule is CC(C)(C)N(NC(=O)CCl)C(=O)CCl. The van der Waals surface area contributed by atoms with Gasteiger partial charge in [-0.1, -0.05) is 0 Å². The van der Waals surface area contributed by atoms with E-state index in [-0.39, 0.29) is 17.7 Å². The molecule has 0 atom stereocenters. The fourth-order valence-electron chi connectivity index (χ4n) is 0.818. The highest BCUT2D eigenvalue weighted by Crippen LogP contribution is 2.11. The normalized spacial score (nSPS) is 10.9. The number of hydrogen-bond acceptors (Lipinski definition) is 2. The van der Waals surface area contributed by atoms with E-state index in [9.17, 15) is 9.59 Å². The van der Waals surface area contributed by atoms with E-state index in [1.54, 1.807) is 20.8 Å². The molecule has 0 aliphatic rings. The monoisotopic (exact) mass is 240 g/mol. The number of carbonyl (C=O) groups is 2. The smallest absolute Gasteiger partial charge is 0.256 e. The number of amides is 2. The van der Waals surface area contributed by atoms with E-state index in [1.807, 2.05) is 0 Å². The molecule has 82 valence electrons. The van der Waals surface area contributed by atoms with Crippen LogP contribution < -0.4 is 5.43 Å². The van der Waals surface area contributed by atoms with Crippen molar-refractivity contribution in [2.24, 2.45) is 0 Å². The third kappa shape index (κ3) is 4.15. The molecule has 6 heteroatoms. The lowest BCUT2D eigenvalue weighted by atomic mass is 10.1. The van der Waals surface area contributed by atoms with Gasteiger partial charge in [-0.2, -0.15) is 0 Å². The van der Waals surface area contributed by atoms with E-state index in [0.29, 0.717) is 0 Å². The molecule has 0 saturated heterocycles. The largest absolute Gasteiger partial charge is 0.272 e. The van der Waals surface area contributed by atoms with Crippen molar-refractivity contribution in [2.45, 2.75) is 26.3 Å². The lowest BCUT2D eigenvalue weighted by molar-refractivity contribution is -0.144. The third-order valence-corrected chi connectivity index (χ3v) is 1.86. The highest BCUT2D eigenvalue weighted by Gasteiger charge is 2.27. The molecule has 1 N–H and O–H groups in total. The van der Waals surface area contributed by atoms with Crippen molar-refractivity contribution < 1.29 is 9.59 Å². The van der Waals surface area contributed by atoms with E-state index >= 15 is 0 Å². The van der Waals surface area contributed by atoms with Crippen LogP contribution in [0, 0.1) is 0 Å². The summed E-state index contributed by atoms with van der Waals surface area (Å²) in [6.07, 6.45) is 0. The Morgan fingerprint density at radius 2 is 1.71 bits per heavy atom. The summed E-state index contributed by atoms with van der Waals surface area (Å²) >= 11 is 10.7. The minimum absolute atomic E-state index is 0.181. The second-order valence-corrected chi connectivity index (χ2v) is 4.24. The lowest BCUT2D eigenvalue weighted by Crippen LogP contribution is -2.56. The summed E-state index contributed by atoms with van der Waals surface area (Å²) in [6.45, 7) is 5.35. The van der Waals surface area contributed by atoms with Gasteiger partial charge in [0.05, 0.1) is 5.54 Å². The van der Waals surface area contributed by atoms with Crippen molar-refractivity contribution in [3.05, 3.63) is 0 Å². The second kappa shape index (κ2) is 5.41. The average molecular weight is 241 g/mol. The summed E-state index contributed by atoms with van der Waals surface area (Å²) in [5.41, 5.74) is 1.87. The number of alkyl halides is 2. The Balaban J connectivity index is 4.58. The Kier molecular flexibility index (Phi) is 5.23. The maximum atomic E-state index is 11.3. The molecule has 2 amide bonds. The van der Waals surface area contributed by atoms with Crippen LogP contribution in [0.15, 0.2) is 0 Å². The molecule has 0 saturated carbocycles. The minimum Gasteiger partial charge on any atom is -0.272 e. The second-order valence-electron chi connectivity index (χ2n) is 3.70. The molecule has 0 fully saturated rings. The zero-order valence-electron chi connectivity index (χ0n) is 8.43. The van der Waals surface area contributed by atoms with Gasteiger partial charge >= 0.3 is 0 Å². The highest BCUT2D eigenvalue weighted by molar-refractivity contribution is 6.28. The quantitative estimate of drug-likeness (QED) is 0.581. The predicted octanol–water partition coefficient (Wildman–Crippen LogP) is 1.12. The predicted molar refractivity (Wildman–Crippen MR) is 56.2 cm³/mol. The molecule has 0 aromatic heterocycles. The Labute approximate surface area is 93.5 Å². The zero-order valence-corrected chi connectivity index (χ0v) is 9.95. The van der Waals surface area contributed by atoms with Gasteiger partial charge in [0.15, 0.2) is 0 Å². The van der Waals surface area contributed by atoms with Crippen molar-refractivity contribution in [1.82, 2.24) is 10.4 Å². The molecule has 4 nitrogen and oxygen atoms in total. The van der Waals surface area contributed by atoms with Gasteiger partial charge in [0.25, 0.3) is 11.8 Å². The van der Waals surface area contributed by atoms with E-state index in [4.69, 9.17) is 23.2 Å². The molecule has 0 unspecified atom stereocenters. The van der Waals surface area contributed by atoms with Crippen LogP contribution in [0.3, 0.4) is 0 Å². The molecular weight excluding hydrogens is 227 g/mol. The highest BCUT2D eigenvalue weighted by atomic mass is 35.5. The van der Waals surface area contributed by atoms with Gasteiger partial charge in [-0.3, -0.25) is 15.0 Å². The van der Waals surface area contributed by atoms with Crippen LogP contribution in [0.25, 0.3) is 0 Å². The lowest BCUT2D eigenvalue weighted by Gasteiger charge is -2.34. The van der Waals surface area contributed by atoms with Crippen LogP contribution in [-0.4, -0.2) is 34.1 Å². The van der Waals surface area contributed by atoms with Crippen molar-refractivity contribution in [2.75, 3.05) is 11.8 Å². The molecule has 0 aromatic carbocycles. The number of halogens is 2. The van der Waals surface area contributed by atoms with Gasteiger partial charge < -0.3 is 0 Å². The van der Waals surface area contributed by atoms with Gasteiger partial charge in [0.1, 0.15) is 11.8 Å². The number of carbonyl (C=O) groups excluding carboxylic acids is 2. The average Bonchev–Trinajstić information content (AvgIpc) is 2.10. The molecule has 14 heavy (non-hydrogen) atoms. The summed E-state index contributed by atoms with van der Waals surface area (Å²) in [5, 5.41) is 1.19. The van der Waals surface area contributed by atoms with Crippen LogP contribution in [0.1, 0.15) is 20.8 Å². The summed E-state index contributed by atoms with van der Waals surface area (Å²) in [7, 11) is 0. The van der Waals surface area contributed by atoms with Crippen molar-refractivity contribution in [3.8, 4) is 0 Å². The minimum atomic E-state index is -0.520. The third-order valence-electron chi connectivity index (χ3n) is 1.39. The van der Waals surface area contributed by atoms with E-state index < -0.39 is 11.4 Å². The Morgan fingerprint density at radius 3 is 2.00 bits per heavy atom.